The van der Waals surface area contributed by atoms with Crippen LogP contribution in [0.4, 0.5) is 0 Å². The van der Waals surface area contributed by atoms with E-state index >= 15 is 0 Å². The monoisotopic (exact) mass is 338 g/mol. The average Bonchev–Trinajstić information content (AvgIpc) is 3.22. The number of carbonyl (C=O) groups excluding carboxylic acids is 2. The van der Waals surface area contributed by atoms with Gasteiger partial charge < -0.3 is 9.47 Å². The van der Waals surface area contributed by atoms with Gasteiger partial charge in [-0.1, -0.05) is 22.0 Å². The predicted octanol–water partition coefficient (Wildman–Crippen LogP) is 2.93. The van der Waals surface area contributed by atoms with Gasteiger partial charge in [0.25, 0.3) is 0 Å². The van der Waals surface area contributed by atoms with Crippen LogP contribution in [0.5, 0.6) is 5.75 Å². The highest BCUT2D eigenvalue weighted by atomic mass is 79.9. The second-order valence-corrected chi connectivity index (χ2v) is 5.77. The molecule has 0 spiro atoms. The molecule has 2 aliphatic carbocycles. The van der Waals surface area contributed by atoms with Crippen molar-refractivity contribution in [1.82, 2.24) is 0 Å². The van der Waals surface area contributed by atoms with Gasteiger partial charge in [-0.15, -0.1) is 0 Å². The van der Waals surface area contributed by atoms with Gasteiger partial charge in [0, 0.05) is 0 Å². The second-order valence-electron chi connectivity index (χ2n) is 5.21. The number of esters is 2. The number of halogens is 1. The zero-order valence-corrected chi connectivity index (χ0v) is 12.5. The minimum atomic E-state index is -0.257. The number of fused-ring (bicyclic) bond motifs is 1. The lowest BCUT2D eigenvalue weighted by atomic mass is 10.1. The third-order valence-corrected chi connectivity index (χ3v) is 4.11. The highest BCUT2D eigenvalue weighted by Crippen LogP contribution is 2.37. The van der Waals surface area contributed by atoms with E-state index in [1.54, 1.807) is 6.07 Å². The largest absolute Gasteiger partial charge is 0.457 e. The summed E-state index contributed by atoms with van der Waals surface area (Å²) in [5.41, 5.74) is 2.11. The van der Waals surface area contributed by atoms with Crippen LogP contribution in [0.2, 0.25) is 0 Å². The molecule has 1 fully saturated rings. The number of rotatable bonds is 4. The Morgan fingerprint density at radius 3 is 2.75 bits per heavy atom. The van der Waals surface area contributed by atoms with Gasteiger partial charge in [0.2, 0.25) is 0 Å². The second kappa shape index (κ2) is 5.56. The zero-order chi connectivity index (χ0) is 14.1. The number of hydrogen-bond donors (Lipinski definition) is 0. The van der Waals surface area contributed by atoms with Crippen LogP contribution in [0.3, 0.4) is 0 Å². The Kier molecular flexibility index (Phi) is 3.78. The van der Waals surface area contributed by atoms with Crippen LogP contribution >= 0.6 is 15.9 Å². The van der Waals surface area contributed by atoms with Crippen molar-refractivity contribution in [2.75, 3.05) is 5.33 Å². The topological polar surface area (TPSA) is 52.6 Å². The quantitative estimate of drug-likeness (QED) is 0.481. The number of ether oxygens (including phenoxy) is 2. The molecule has 0 radical (unpaired) electrons. The fraction of sp³-hybridized carbons (Fsp3) is 0.467. The van der Waals surface area contributed by atoms with Crippen molar-refractivity contribution in [2.24, 2.45) is 5.92 Å². The summed E-state index contributed by atoms with van der Waals surface area (Å²) in [6.45, 7) is 0. The highest BCUT2D eigenvalue weighted by Gasteiger charge is 2.32. The number of alkyl halides is 1. The maximum absolute atomic E-state index is 11.6. The fourth-order valence-corrected chi connectivity index (χ4v) is 2.58. The molecule has 106 valence electrons. The SMILES string of the molecule is O=C(CBr)OC1CCc2cc(OC(=O)C3CC3)ccc21. The number of benzene rings is 1. The van der Waals surface area contributed by atoms with Crippen LogP contribution in [0.1, 0.15) is 36.5 Å². The van der Waals surface area contributed by atoms with Crippen molar-refractivity contribution < 1.29 is 19.1 Å². The Morgan fingerprint density at radius 2 is 2.05 bits per heavy atom. The standard InChI is InChI=1S/C15H15BrO4/c16-8-14(17)20-13-6-3-10-7-11(4-5-12(10)13)19-15(18)9-1-2-9/h4-5,7,9,13H,1-3,6,8H2. The molecule has 4 nitrogen and oxygen atoms in total. The smallest absolute Gasteiger partial charge is 0.317 e. The van der Waals surface area contributed by atoms with Crippen LogP contribution < -0.4 is 4.74 Å². The molecule has 3 rings (SSSR count). The van der Waals surface area contributed by atoms with Crippen molar-refractivity contribution in [3.8, 4) is 5.75 Å². The minimum absolute atomic E-state index is 0.0934. The summed E-state index contributed by atoms with van der Waals surface area (Å²) in [6, 6.07) is 5.56. The molecule has 1 atom stereocenters. The Balaban J connectivity index is 1.70. The van der Waals surface area contributed by atoms with Gasteiger partial charge in [-0.05, 0) is 48.9 Å². The molecule has 1 unspecified atom stereocenters. The van der Waals surface area contributed by atoms with Crippen LogP contribution in [0.15, 0.2) is 18.2 Å². The van der Waals surface area contributed by atoms with Gasteiger partial charge in [0.1, 0.15) is 17.2 Å². The zero-order valence-electron chi connectivity index (χ0n) is 10.9. The highest BCUT2D eigenvalue weighted by molar-refractivity contribution is 9.09. The summed E-state index contributed by atoms with van der Waals surface area (Å²) in [5.74, 6) is 0.293. The van der Waals surface area contributed by atoms with Crippen molar-refractivity contribution in [3.63, 3.8) is 0 Å². The summed E-state index contributed by atoms with van der Waals surface area (Å²) in [7, 11) is 0. The maximum atomic E-state index is 11.6. The Labute approximate surface area is 125 Å². The van der Waals surface area contributed by atoms with E-state index < -0.39 is 0 Å². The fourth-order valence-electron chi connectivity index (χ4n) is 2.45. The van der Waals surface area contributed by atoms with Gasteiger partial charge in [0.15, 0.2) is 0 Å². The molecular formula is C15H15BrO4. The van der Waals surface area contributed by atoms with Gasteiger partial charge in [-0.25, -0.2) is 0 Å². The molecule has 0 aliphatic heterocycles. The molecule has 0 bridgehead atoms. The number of aryl methyl sites for hydroxylation is 1. The summed E-state index contributed by atoms with van der Waals surface area (Å²) in [4.78, 5) is 23.0. The third kappa shape index (κ3) is 2.87. The van der Waals surface area contributed by atoms with Crippen LogP contribution in [-0.4, -0.2) is 17.3 Å². The van der Waals surface area contributed by atoms with Crippen molar-refractivity contribution in [2.45, 2.75) is 31.8 Å². The molecule has 0 aromatic heterocycles. The predicted molar refractivity (Wildman–Crippen MR) is 75.7 cm³/mol. The Hall–Kier alpha value is -1.36. The molecule has 1 aromatic carbocycles. The first-order valence-electron chi connectivity index (χ1n) is 6.77. The molecule has 1 aromatic rings. The van der Waals surface area contributed by atoms with Crippen molar-refractivity contribution in [3.05, 3.63) is 29.3 Å². The maximum Gasteiger partial charge on any atom is 0.317 e. The number of carbonyl (C=O) groups is 2. The molecule has 0 N–H and O–H groups in total. The minimum Gasteiger partial charge on any atom is -0.457 e. The van der Waals surface area contributed by atoms with E-state index in [-0.39, 0.29) is 29.3 Å². The lowest BCUT2D eigenvalue weighted by Gasteiger charge is -2.13. The van der Waals surface area contributed by atoms with Crippen LogP contribution in [-0.2, 0) is 20.7 Å². The van der Waals surface area contributed by atoms with Crippen LogP contribution in [0, 0.1) is 5.92 Å². The lowest BCUT2D eigenvalue weighted by molar-refractivity contribution is -0.145. The molecule has 1 saturated carbocycles. The molecule has 2 aliphatic rings. The van der Waals surface area contributed by atoms with E-state index in [9.17, 15) is 9.59 Å². The Bertz CT molecular complexity index is 551. The van der Waals surface area contributed by atoms with Gasteiger partial charge in [0.05, 0.1) is 5.92 Å². The summed E-state index contributed by atoms with van der Waals surface area (Å²) < 4.78 is 10.7. The van der Waals surface area contributed by atoms with Gasteiger partial charge in [-0.2, -0.15) is 0 Å². The summed E-state index contributed by atoms with van der Waals surface area (Å²) in [6.07, 6.45) is 3.32. The molecule has 0 saturated heterocycles. The van der Waals surface area contributed by atoms with E-state index in [1.165, 1.54) is 0 Å². The molecule has 20 heavy (non-hydrogen) atoms. The van der Waals surface area contributed by atoms with Gasteiger partial charge >= 0.3 is 11.9 Å². The first kappa shape index (κ1) is 13.6. The normalized spacial score (nSPS) is 20.4. The van der Waals surface area contributed by atoms with Crippen LogP contribution in [0.25, 0.3) is 0 Å². The molecule has 0 heterocycles. The first-order valence-corrected chi connectivity index (χ1v) is 7.89. The summed E-state index contributed by atoms with van der Waals surface area (Å²) in [5, 5.41) is 0.204. The Morgan fingerprint density at radius 1 is 1.25 bits per heavy atom. The number of hydrogen-bond acceptors (Lipinski definition) is 4. The lowest BCUT2D eigenvalue weighted by Crippen LogP contribution is -2.11. The molecular weight excluding hydrogens is 324 g/mol. The van der Waals surface area contributed by atoms with Crippen molar-refractivity contribution >= 4 is 27.9 Å². The van der Waals surface area contributed by atoms with Crippen molar-refractivity contribution in [1.29, 1.82) is 0 Å². The third-order valence-electron chi connectivity index (χ3n) is 3.65. The van der Waals surface area contributed by atoms with E-state index in [2.05, 4.69) is 15.9 Å². The van der Waals surface area contributed by atoms with E-state index in [1.807, 2.05) is 12.1 Å². The average molecular weight is 339 g/mol. The van der Waals surface area contributed by atoms with E-state index in [4.69, 9.17) is 9.47 Å². The summed E-state index contributed by atoms with van der Waals surface area (Å²) >= 11 is 3.09. The molecule has 5 heteroatoms. The van der Waals surface area contributed by atoms with E-state index in [0.29, 0.717) is 5.75 Å². The first-order chi connectivity index (χ1) is 9.67. The van der Waals surface area contributed by atoms with Gasteiger partial charge in [-0.3, -0.25) is 9.59 Å². The van der Waals surface area contributed by atoms with E-state index in [0.717, 1.165) is 36.8 Å². The molecule has 0 amide bonds.